The SMILES string of the molecule is C#Cc1cnn(CC2CCC2)c1. The van der Waals surface area contributed by atoms with E-state index in [1.54, 1.807) is 6.20 Å². The monoisotopic (exact) mass is 160 g/mol. The van der Waals surface area contributed by atoms with Gasteiger partial charge in [0, 0.05) is 12.7 Å². The molecule has 0 N–H and O–H groups in total. The Labute approximate surface area is 72.6 Å². The fraction of sp³-hybridized carbons (Fsp3) is 0.500. The van der Waals surface area contributed by atoms with Gasteiger partial charge in [-0.15, -0.1) is 6.42 Å². The Morgan fingerprint density at radius 2 is 2.50 bits per heavy atom. The Hall–Kier alpha value is -1.23. The van der Waals surface area contributed by atoms with Crippen molar-refractivity contribution in [2.45, 2.75) is 25.8 Å². The van der Waals surface area contributed by atoms with Crippen LogP contribution in [0.5, 0.6) is 0 Å². The highest BCUT2D eigenvalue weighted by molar-refractivity contribution is 5.26. The van der Waals surface area contributed by atoms with Crippen LogP contribution in [0.4, 0.5) is 0 Å². The van der Waals surface area contributed by atoms with Crippen LogP contribution in [0.25, 0.3) is 0 Å². The predicted molar refractivity (Wildman–Crippen MR) is 47.5 cm³/mol. The van der Waals surface area contributed by atoms with Crippen LogP contribution in [-0.4, -0.2) is 9.78 Å². The van der Waals surface area contributed by atoms with E-state index in [4.69, 9.17) is 6.42 Å². The first kappa shape index (κ1) is 7.42. The third-order valence-corrected chi connectivity index (χ3v) is 2.47. The van der Waals surface area contributed by atoms with Crippen LogP contribution < -0.4 is 0 Å². The quantitative estimate of drug-likeness (QED) is 0.602. The topological polar surface area (TPSA) is 17.8 Å². The second-order valence-corrected chi connectivity index (χ2v) is 3.39. The van der Waals surface area contributed by atoms with Gasteiger partial charge in [-0.1, -0.05) is 12.3 Å². The molecule has 1 heterocycles. The number of hydrogen-bond donors (Lipinski definition) is 0. The van der Waals surface area contributed by atoms with Gasteiger partial charge in [0.2, 0.25) is 0 Å². The van der Waals surface area contributed by atoms with E-state index in [0.29, 0.717) is 0 Å². The summed E-state index contributed by atoms with van der Waals surface area (Å²) in [5.41, 5.74) is 0.884. The molecule has 0 saturated heterocycles. The molecule has 0 aromatic carbocycles. The highest BCUT2D eigenvalue weighted by atomic mass is 15.3. The minimum Gasteiger partial charge on any atom is -0.271 e. The van der Waals surface area contributed by atoms with E-state index in [-0.39, 0.29) is 0 Å². The second-order valence-electron chi connectivity index (χ2n) is 3.39. The summed E-state index contributed by atoms with van der Waals surface area (Å²) in [4.78, 5) is 0. The lowest BCUT2D eigenvalue weighted by Crippen LogP contribution is -2.18. The molecule has 0 radical (unpaired) electrons. The molecule has 1 fully saturated rings. The van der Waals surface area contributed by atoms with Gasteiger partial charge in [-0.05, 0) is 18.8 Å². The Balaban J connectivity index is 1.99. The summed E-state index contributed by atoms with van der Waals surface area (Å²) in [6.07, 6.45) is 13.0. The molecular weight excluding hydrogens is 148 g/mol. The van der Waals surface area contributed by atoms with E-state index in [2.05, 4.69) is 11.0 Å². The average molecular weight is 160 g/mol. The summed E-state index contributed by atoms with van der Waals surface area (Å²) < 4.78 is 1.96. The highest BCUT2D eigenvalue weighted by Gasteiger charge is 2.17. The van der Waals surface area contributed by atoms with Crippen LogP contribution in [0.15, 0.2) is 12.4 Å². The fourth-order valence-corrected chi connectivity index (χ4v) is 1.48. The molecule has 2 nitrogen and oxygen atoms in total. The Kier molecular flexibility index (Phi) is 1.87. The Morgan fingerprint density at radius 3 is 3.00 bits per heavy atom. The highest BCUT2D eigenvalue weighted by Crippen LogP contribution is 2.27. The normalized spacial score (nSPS) is 16.9. The summed E-state index contributed by atoms with van der Waals surface area (Å²) >= 11 is 0. The lowest BCUT2D eigenvalue weighted by Gasteiger charge is -2.24. The zero-order chi connectivity index (χ0) is 8.39. The third kappa shape index (κ3) is 1.35. The van der Waals surface area contributed by atoms with Crippen molar-refractivity contribution in [1.29, 1.82) is 0 Å². The second kappa shape index (κ2) is 3.02. The van der Waals surface area contributed by atoms with Crippen molar-refractivity contribution in [3.05, 3.63) is 18.0 Å². The minimum atomic E-state index is 0.843. The maximum Gasteiger partial charge on any atom is 0.0646 e. The molecule has 12 heavy (non-hydrogen) atoms. The molecule has 0 spiro atoms. The lowest BCUT2D eigenvalue weighted by molar-refractivity contribution is 0.266. The maximum absolute atomic E-state index is 5.24. The summed E-state index contributed by atoms with van der Waals surface area (Å²) in [5, 5.41) is 4.18. The van der Waals surface area contributed by atoms with E-state index in [1.807, 2.05) is 10.9 Å². The van der Waals surface area contributed by atoms with Gasteiger partial charge in [-0.2, -0.15) is 5.10 Å². The fourth-order valence-electron chi connectivity index (χ4n) is 1.48. The van der Waals surface area contributed by atoms with Crippen LogP contribution in [-0.2, 0) is 6.54 Å². The van der Waals surface area contributed by atoms with Gasteiger partial charge >= 0.3 is 0 Å². The van der Waals surface area contributed by atoms with Gasteiger partial charge in [-0.3, -0.25) is 4.68 Å². The summed E-state index contributed by atoms with van der Waals surface area (Å²) in [6, 6.07) is 0. The van der Waals surface area contributed by atoms with Crippen molar-refractivity contribution in [2.75, 3.05) is 0 Å². The zero-order valence-electron chi connectivity index (χ0n) is 7.03. The minimum absolute atomic E-state index is 0.843. The van der Waals surface area contributed by atoms with Gasteiger partial charge in [0.1, 0.15) is 0 Å². The van der Waals surface area contributed by atoms with Crippen LogP contribution in [0.3, 0.4) is 0 Å². The molecule has 1 aromatic heterocycles. The molecule has 0 amide bonds. The predicted octanol–water partition coefficient (Wildman–Crippen LogP) is 1.66. The van der Waals surface area contributed by atoms with E-state index in [1.165, 1.54) is 19.3 Å². The molecule has 0 unspecified atom stereocenters. The van der Waals surface area contributed by atoms with Crippen molar-refractivity contribution in [2.24, 2.45) is 5.92 Å². The Bertz CT molecular complexity index is 302. The van der Waals surface area contributed by atoms with E-state index >= 15 is 0 Å². The smallest absolute Gasteiger partial charge is 0.0646 e. The molecule has 2 heteroatoms. The van der Waals surface area contributed by atoms with Crippen molar-refractivity contribution in [1.82, 2.24) is 9.78 Å². The average Bonchev–Trinajstić information content (AvgIpc) is 2.44. The molecule has 0 aliphatic heterocycles. The number of nitrogens with zero attached hydrogens (tertiary/aromatic N) is 2. The first-order chi connectivity index (χ1) is 5.88. The molecule has 1 aromatic rings. The lowest BCUT2D eigenvalue weighted by atomic mass is 9.85. The standard InChI is InChI=1S/C10H12N2/c1-2-9-6-11-12(7-9)8-10-4-3-5-10/h1,6-7,10H,3-5,8H2. The molecule has 62 valence electrons. The van der Waals surface area contributed by atoms with Crippen LogP contribution >= 0.6 is 0 Å². The molecule has 2 rings (SSSR count). The molecular formula is C10H12N2. The molecule has 1 saturated carbocycles. The number of hydrogen-bond acceptors (Lipinski definition) is 1. The Morgan fingerprint density at radius 1 is 1.67 bits per heavy atom. The number of rotatable bonds is 2. The zero-order valence-corrected chi connectivity index (χ0v) is 7.03. The van der Waals surface area contributed by atoms with Gasteiger partial charge in [0.15, 0.2) is 0 Å². The summed E-state index contributed by atoms with van der Waals surface area (Å²) in [6.45, 7) is 1.04. The van der Waals surface area contributed by atoms with E-state index in [0.717, 1.165) is 18.0 Å². The van der Waals surface area contributed by atoms with Gasteiger partial charge in [0.05, 0.1) is 11.8 Å². The molecule has 0 atom stereocenters. The van der Waals surface area contributed by atoms with Gasteiger partial charge in [-0.25, -0.2) is 0 Å². The van der Waals surface area contributed by atoms with Crippen molar-refractivity contribution in [3.63, 3.8) is 0 Å². The number of terminal acetylenes is 1. The van der Waals surface area contributed by atoms with Crippen molar-refractivity contribution in [3.8, 4) is 12.3 Å². The molecule has 1 aliphatic rings. The first-order valence-corrected chi connectivity index (χ1v) is 4.37. The van der Waals surface area contributed by atoms with Crippen LogP contribution in [0, 0.1) is 18.3 Å². The summed E-state index contributed by atoms with van der Waals surface area (Å²) in [5.74, 6) is 3.42. The molecule has 0 bridgehead atoms. The summed E-state index contributed by atoms with van der Waals surface area (Å²) in [7, 11) is 0. The van der Waals surface area contributed by atoms with Crippen molar-refractivity contribution < 1.29 is 0 Å². The third-order valence-electron chi connectivity index (χ3n) is 2.47. The molecule has 1 aliphatic carbocycles. The van der Waals surface area contributed by atoms with Crippen LogP contribution in [0.1, 0.15) is 24.8 Å². The van der Waals surface area contributed by atoms with Gasteiger partial charge in [0.25, 0.3) is 0 Å². The van der Waals surface area contributed by atoms with E-state index in [9.17, 15) is 0 Å². The van der Waals surface area contributed by atoms with Crippen molar-refractivity contribution >= 4 is 0 Å². The largest absolute Gasteiger partial charge is 0.271 e. The number of aromatic nitrogens is 2. The van der Waals surface area contributed by atoms with E-state index < -0.39 is 0 Å². The van der Waals surface area contributed by atoms with Gasteiger partial charge < -0.3 is 0 Å². The maximum atomic E-state index is 5.24. The van der Waals surface area contributed by atoms with Crippen LogP contribution in [0.2, 0.25) is 0 Å². The first-order valence-electron chi connectivity index (χ1n) is 4.37.